The number of nitrogens with one attached hydrogen (secondary N) is 1. The molecular weight excluding hydrogens is 708 g/mol. The first-order valence-corrected chi connectivity index (χ1v) is 16.4. The van der Waals surface area contributed by atoms with Gasteiger partial charge in [-0.3, -0.25) is 4.79 Å². The number of anilines is 2. The molecule has 1 aliphatic rings. The number of hydrogen-bond acceptors (Lipinski definition) is 12. The largest absolute Gasteiger partial charge is 0.573 e. The minimum absolute atomic E-state index is 0.0183. The molecule has 0 saturated carbocycles. The number of thiazole rings is 1. The third kappa shape index (κ3) is 8.58. The summed E-state index contributed by atoms with van der Waals surface area (Å²) in [5.74, 6) is -1.85. The molecule has 1 aliphatic heterocycles. The molecule has 0 spiro atoms. The molecule has 0 bridgehead atoms. The average Bonchev–Trinajstić information content (AvgIpc) is 3.44. The first-order chi connectivity index (χ1) is 22.7. The van der Waals surface area contributed by atoms with Crippen molar-refractivity contribution in [2.45, 2.75) is 49.7 Å². The van der Waals surface area contributed by atoms with Gasteiger partial charge in [0.1, 0.15) is 33.7 Å². The Morgan fingerprint density at radius 3 is 2.08 bits per heavy atom. The van der Waals surface area contributed by atoms with Crippen LogP contribution in [0.5, 0.6) is 11.5 Å². The predicted octanol–water partition coefficient (Wildman–Crippen LogP) is 3.89. The number of piperazine rings is 1. The monoisotopic (exact) mass is 735 g/mol. The number of ether oxygens (including phenoxy) is 2. The molecule has 264 valence electrons. The van der Waals surface area contributed by atoms with Crippen molar-refractivity contribution in [3.8, 4) is 11.5 Å². The van der Waals surface area contributed by atoms with Crippen molar-refractivity contribution in [2.24, 2.45) is 0 Å². The van der Waals surface area contributed by atoms with E-state index in [1.165, 1.54) is 26.0 Å². The molecule has 1 saturated heterocycles. The molecule has 5 rings (SSSR count). The average molecular weight is 736 g/mol. The zero-order chi connectivity index (χ0) is 35.9. The molecular formula is C28H27F6N7O6S2. The normalized spacial score (nSPS) is 16.5. The van der Waals surface area contributed by atoms with Gasteiger partial charge in [-0.1, -0.05) is 23.5 Å². The highest BCUT2D eigenvalue weighted by molar-refractivity contribution is 7.89. The van der Waals surface area contributed by atoms with Gasteiger partial charge in [-0.15, -0.1) is 26.3 Å². The Bertz CT molecular complexity index is 1930. The molecule has 0 aliphatic carbocycles. The lowest BCUT2D eigenvalue weighted by molar-refractivity contribution is -0.275. The summed E-state index contributed by atoms with van der Waals surface area (Å²) in [7, 11) is -4.48. The number of alkyl halides is 6. The van der Waals surface area contributed by atoms with Crippen LogP contribution in [0.2, 0.25) is 0 Å². The smallest absolute Gasteiger partial charge is 0.406 e. The highest BCUT2D eigenvalue weighted by Crippen LogP contribution is 2.35. The van der Waals surface area contributed by atoms with Gasteiger partial charge in [0.15, 0.2) is 16.6 Å². The van der Waals surface area contributed by atoms with E-state index in [1.807, 2.05) is 0 Å². The van der Waals surface area contributed by atoms with Gasteiger partial charge in [-0.25, -0.2) is 18.4 Å². The van der Waals surface area contributed by atoms with E-state index in [2.05, 4.69) is 29.7 Å². The van der Waals surface area contributed by atoms with Crippen LogP contribution >= 0.6 is 11.3 Å². The van der Waals surface area contributed by atoms with Gasteiger partial charge < -0.3 is 30.5 Å². The van der Waals surface area contributed by atoms with Crippen LogP contribution in [0, 0.1) is 0 Å². The van der Waals surface area contributed by atoms with E-state index in [0.717, 1.165) is 52.0 Å². The summed E-state index contributed by atoms with van der Waals surface area (Å²) in [6, 6.07) is 6.72. The SMILES string of the molecule is CC(C)(O)c1nc(N)c2sc(N3CCN(S(=O)(=O)c4ccc(OC(F)(F)F)cc4)[C@@H](C(=O)NCc4ccc(OC(F)(F)F)cc4)C3)nc2n1. The second-order valence-corrected chi connectivity index (χ2v) is 14.0. The van der Waals surface area contributed by atoms with Crippen LogP contribution in [0.3, 0.4) is 0 Å². The van der Waals surface area contributed by atoms with E-state index in [1.54, 1.807) is 4.90 Å². The predicted molar refractivity (Wildman–Crippen MR) is 163 cm³/mol. The maximum atomic E-state index is 13.8. The second-order valence-electron chi connectivity index (χ2n) is 11.1. The van der Waals surface area contributed by atoms with Crippen molar-refractivity contribution in [2.75, 3.05) is 30.3 Å². The van der Waals surface area contributed by atoms with Crippen LogP contribution in [0.1, 0.15) is 25.2 Å². The molecule has 1 fully saturated rings. The van der Waals surface area contributed by atoms with E-state index in [-0.39, 0.29) is 43.5 Å². The topological polar surface area (TPSA) is 173 Å². The number of hydrogen-bond donors (Lipinski definition) is 3. The third-order valence-electron chi connectivity index (χ3n) is 7.01. The number of rotatable bonds is 9. The van der Waals surface area contributed by atoms with Gasteiger partial charge in [0.05, 0.1) is 4.90 Å². The number of fused-ring (bicyclic) bond motifs is 1. The van der Waals surface area contributed by atoms with E-state index < -0.39 is 56.7 Å². The standard InChI is InChI=1S/C28H27F6N7O6S2/c1-26(2,43)24-37-21(35)20-22(38-24)39-25(48-20)40-11-12-41(49(44,45)18-9-7-17(8-10-18)47-28(32,33)34)19(14-40)23(42)36-13-15-3-5-16(6-4-15)46-27(29,30)31/h3-10,19,43H,11-14H2,1-2H3,(H,36,42)(H2,35,37,38)/t19-/m1/s1. The Hall–Kier alpha value is -4.47. The summed E-state index contributed by atoms with van der Waals surface area (Å²) in [5.41, 5.74) is 5.20. The van der Waals surface area contributed by atoms with Gasteiger partial charge in [0, 0.05) is 26.2 Å². The van der Waals surface area contributed by atoms with E-state index in [9.17, 15) is 44.7 Å². The van der Waals surface area contributed by atoms with Gasteiger partial charge in [-0.05, 0) is 55.8 Å². The molecule has 21 heteroatoms. The fourth-order valence-electron chi connectivity index (χ4n) is 4.75. The fourth-order valence-corrected chi connectivity index (χ4v) is 7.26. The van der Waals surface area contributed by atoms with Crippen molar-refractivity contribution < 1.29 is 54.1 Å². The molecule has 3 heterocycles. The molecule has 0 radical (unpaired) electrons. The second kappa shape index (κ2) is 13.1. The quantitative estimate of drug-likeness (QED) is 0.213. The maximum Gasteiger partial charge on any atom is 0.573 e. The lowest BCUT2D eigenvalue weighted by Crippen LogP contribution is -2.60. The van der Waals surface area contributed by atoms with Crippen LogP contribution in [-0.2, 0) is 27.0 Å². The van der Waals surface area contributed by atoms with Gasteiger partial charge in [0.2, 0.25) is 15.9 Å². The summed E-state index contributed by atoms with van der Waals surface area (Å²) < 4.78 is 112. The van der Waals surface area contributed by atoms with Crippen molar-refractivity contribution in [3.63, 3.8) is 0 Å². The van der Waals surface area contributed by atoms with Crippen LogP contribution in [0.15, 0.2) is 53.4 Å². The van der Waals surface area contributed by atoms with Crippen molar-refractivity contribution in [1.82, 2.24) is 24.6 Å². The van der Waals surface area contributed by atoms with Gasteiger partial charge in [-0.2, -0.15) is 9.29 Å². The lowest BCUT2D eigenvalue weighted by Gasteiger charge is -2.39. The molecule has 4 N–H and O–H groups in total. The molecule has 2 aromatic heterocycles. The van der Waals surface area contributed by atoms with Gasteiger partial charge >= 0.3 is 12.7 Å². The highest BCUT2D eigenvalue weighted by Gasteiger charge is 2.41. The number of nitrogens with two attached hydrogens (primary N) is 1. The number of carbonyl (C=O) groups is 1. The van der Waals surface area contributed by atoms with Crippen LogP contribution in [0.25, 0.3) is 10.3 Å². The number of nitrogens with zero attached hydrogens (tertiary/aromatic N) is 5. The van der Waals surface area contributed by atoms with E-state index >= 15 is 0 Å². The number of aromatic nitrogens is 3. The van der Waals surface area contributed by atoms with Crippen molar-refractivity contribution >= 4 is 48.6 Å². The minimum atomic E-state index is -5.00. The highest BCUT2D eigenvalue weighted by atomic mass is 32.2. The van der Waals surface area contributed by atoms with Crippen LogP contribution in [0.4, 0.5) is 37.3 Å². The van der Waals surface area contributed by atoms with Crippen LogP contribution < -0.4 is 25.4 Å². The number of nitrogen functional groups attached to an aromatic ring is 1. The number of benzene rings is 2. The molecule has 13 nitrogen and oxygen atoms in total. The summed E-state index contributed by atoms with van der Waals surface area (Å²) in [4.78, 5) is 27.7. The summed E-state index contributed by atoms with van der Waals surface area (Å²) in [6.45, 7) is 2.23. The Morgan fingerprint density at radius 1 is 0.959 bits per heavy atom. The molecule has 1 atom stereocenters. The van der Waals surface area contributed by atoms with Crippen molar-refractivity contribution in [1.29, 1.82) is 0 Å². The third-order valence-corrected chi connectivity index (χ3v) is 10.1. The molecule has 49 heavy (non-hydrogen) atoms. The Labute approximate surface area is 278 Å². The molecule has 0 unspecified atom stereocenters. The van der Waals surface area contributed by atoms with E-state index in [4.69, 9.17) is 5.73 Å². The van der Waals surface area contributed by atoms with Crippen molar-refractivity contribution in [3.05, 3.63) is 59.9 Å². The number of halogens is 6. The first kappa shape index (κ1) is 35.8. The Morgan fingerprint density at radius 2 is 1.53 bits per heavy atom. The fraction of sp³-hybridized carbons (Fsp3) is 0.357. The number of amides is 1. The number of aliphatic hydroxyl groups is 1. The Balaban J connectivity index is 1.42. The van der Waals surface area contributed by atoms with Gasteiger partial charge in [0.25, 0.3) is 0 Å². The summed E-state index contributed by atoms with van der Waals surface area (Å²) in [6.07, 6.45) is -9.90. The first-order valence-electron chi connectivity index (χ1n) is 14.1. The lowest BCUT2D eigenvalue weighted by atomic mass is 10.1. The summed E-state index contributed by atoms with van der Waals surface area (Å²) >= 11 is 1.08. The van der Waals surface area contributed by atoms with Crippen LogP contribution in [-0.4, -0.2) is 77.1 Å². The Kier molecular flexibility index (Phi) is 9.58. The molecule has 1 amide bonds. The number of sulfonamides is 1. The van der Waals surface area contributed by atoms with E-state index in [0.29, 0.717) is 15.4 Å². The maximum absolute atomic E-state index is 13.8. The molecule has 4 aromatic rings. The zero-order valence-electron chi connectivity index (χ0n) is 25.4. The summed E-state index contributed by atoms with van der Waals surface area (Å²) in [5, 5.41) is 13.3. The zero-order valence-corrected chi connectivity index (χ0v) is 27.0. The number of carbonyl (C=O) groups excluding carboxylic acids is 1. The molecule has 2 aromatic carbocycles. The minimum Gasteiger partial charge on any atom is -0.406 e.